The molecule has 4 nitrogen and oxygen atoms in total. The molecule has 0 aliphatic heterocycles. The zero-order chi connectivity index (χ0) is 12.4. The quantitative estimate of drug-likeness (QED) is 0.281. The molecule has 0 heterocycles. The van der Waals surface area contributed by atoms with Gasteiger partial charge >= 0.3 is 0 Å². The molecular formula is C12H25N3O. The molecule has 0 amide bonds. The first-order chi connectivity index (χ1) is 7.29. The lowest BCUT2D eigenvalue weighted by molar-refractivity contribution is 0.295. The highest BCUT2D eigenvalue weighted by Gasteiger charge is 2.37. The lowest BCUT2D eigenvalue weighted by Crippen LogP contribution is -2.44. The van der Waals surface area contributed by atoms with E-state index in [1.165, 1.54) is 12.8 Å². The zero-order valence-electron chi connectivity index (χ0n) is 10.9. The molecule has 1 aliphatic rings. The molecule has 16 heavy (non-hydrogen) atoms. The number of oxime groups is 1. The van der Waals surface area contributed by atoms with Gasteiger partial charge in [-0.2, -0.15) is 0 Å². The predicted octanol–water partition coefficient (Wildman–Crippen LogP) is 1.93. The standard InChI is InChI=1S/C12H25N3O/c1-11(2,10(13)15-16)7-8-14-12(3,4)9-5-6-9/h9,14,16H,5-8H2,1-4H3,(H2,13,15). The van der Waals surface area contributed by atoms with E-state index in [0.29, 0.717) is 5.84 Å². The summed E-state index contributed by atoms with van der Waals surface area (Å²) in [6.07, 6.45) is 3.55. The highest BCUT2D eigenvalue weighted by Crippen LogP contribution is 2.39. The van der Waals surface area contributed by atoms with E-state index >= 15 is 0 Å². The van der Waals surface area contributed by atoms with Crippen LogP contribution in [-0.4, -0.2) is 23.1 Å². The van der Waals surface area contributed by atoms with Crippen LogP contribution in [0.1, 0.15) is 47.0 Å². The Morgan fingerprint density at radius 2 is 1.94 bits per heavy atom. The summed E-state index contributed by atoms with van der Waals surface area (Å²) in [6, 6.07) is 0. The fourth-order valence-corrected chi connectivity index (χ4v) is 1.91. The summed E-state index contributed by atoms with van der Waals surface area (Å²) in [5.41, 5.74) is 5.62. The van der Waals surface area contributed by atoms with Crippen molar-refractivity contribution in [3.05, 3.63) is 0 Å². The summed E-state index contributed by atoms with van der Waals surface area (Å²) in [6.45, 7) is 9.39. The third kappa shape index (κ3) is 3.37. The Morgan fingerprint density at radius 1 is 1.38 bits per heavy atom. The fourth-order valence-electron chi connectivity index (χ4n) is 1.91. The molecule has 1 fully saturated rings. The van der Waals surface area contributed by atoms with Crippen molar-refractivity contribution in [3.63, 3.8) is 0 Å². The molecule has 94 valence electrons. The van der Waals surface area contributed by atoms with Crippen LogP contribution in [-0.2, 0) is 0 Å². The normalized spacial score (nSPS) is 18.9. The molecule has 1 aliphatic carbocycles. The Hall–Kier alpha value is -0.770. The number of rotatable bonds is 6. The lowest BCUT2D eigenvalue weighted by atomic mass is 9.87. The van der Waals surface area contributed by atoms with E-state index in [1.807, 2.05) is 13.8 Å². The minimum atomic E-state index is -0.249. The third-order valence-corrected chi connectivity index (χ3v) is 3.73. The van der Waals surface area contributed by atoms with Crippen molar-refractivity contribution in [2.75, 3.05) is 6.54 Å². The van der Waals surface area contributed by atoms with Crippen molar-refractivity contribution in [2.24, 2.45) is 22.2 Å². The molecule has 0 saturated heterocycles. The summed E-state index contributed by atoms with van der Waals surface area (Å²) in [4.78, 5) is 0. The van der Waals surface area contributed by atoms with Crippen molar-refractivity contribution < 1.29 is 5.21 Å². The predicted molar refractivity (Wildman–Crippen MR) is 66.6 cm³/mol. The Bertz CT molecular complexity index is 267. The highest BCUT2D eigenvalue weighted by atomic mass is 16.4. The van der Waals surface area contributed by atoms with Crippen molar-refractivity contribution in [2.45, 2.75) is 52.5 Å². The summed E-state index contributed by atoms with van der Waals surface area (Å²) in [7, 11) is 0. The molecule has 0 unspecified atom stereocenters. The summed E-state index contributed by atoms with van der Waals surface area (Å²) >= 11 is 0. The van der Waals surface area contributed by atoms with Crippen LogP contribution >= 0.6 is 0 Å². The number of hydrogen-bond donors (Lipinski definition) is 3. The second kappa shape index (κ2) is 4.62. The van der Waals surface area contributed by atoms with E-state index in [1.54, 1.807) is 0 Å². The van der Waals surface area contributed by atoms with Crippen molar-refractivity contribution in [1.82, 2.24) is 5.32 Å². The summed E-state index contributed by atoms with van der Waals surface area (Å²) in [5.74, 6) is 1.12. The molecule has 0 aromatic rings. The van der Waals surface area contributed by atoms with E-state index in [9.17, 15) is 0 Å². The minimum absolute atomic E-state index is 0.223. The van der Waals surface area contributed by atoms with Gasteiger partial charge in [0, 0.05) is 11.0 Å². The van der Waals surface area contributed by atoms with Gasteiger partial charge in [0.1, 0.15) is 5.84 Å². The van der Waals surface area contributed by atoms with Crippen LogP contribution in [0.15, 0.2) is 5.16 Å². The van der Waals surface area contributed by atoms with Crippen LogP contribution in [0.3, 0.4) is 0 Å². The second-order valence-corrected chi connectivity index (χ2v) is 6.04. The second-order valence-electron chi connectivity index (χ2n) is 6.04. The van der Waals surface area contributed by atoms with Crippen LogP contribution < -0.4 is 11.1 Å². The van der Waals surface area contributed by atoms with Crippen LogP contribution in [0, 0.1) is 11.3 Å². The van der Waals surface area contributed by atoms with Gasteiger partial charge in [-0.3, -0.25) is 0 Å². The highest BCUT2D eigenvalue weighted by molar-refractivity contribution is 5.85. The van der Waals surface area contributed by atoms with Gasteiger partial charge in [0.2, 0.25) is 0 Å². The van der Waals surface area contributed by atoms with Crippen LogP contribution in [0.4, 0.5) is 0 Å². The van der Waals surface area contributed by atoms with Crippen molar-refractivity contribution in [1.29, 1.82) is 0 Å². The third-order valence-electron chi connectivity index (χ3n) is 3.73. The smallest absolute Gasteiger partial charge is 0.144 e. The van der Waals surface area contributed by atoms with Crippen molar-refractivity contribution in [3.8, 4) is 0 Å². The van der Waals surface area contributed by atoms with Gasteiger partial charge in [-0.15, -0.1) is 0 Å². The van der Waals surface area contributed by atoms with Gasteiger partial charge < -0.3 is 16.3 Å². The SMILES string of the molecule is CC(C)(CCNC(C)(C)C1CC1)C(N)=NO. The average molecular weight is 227 g/mol. The molecule has 4 N–H and O–H groups in total. The molecular weight excluding hydrogens is 202 g/mol. The first kappa shape index (κ1) is 13.3. The average Bonchev–Trinajstić information content (AvgIpc) is 2.98. The minimum Gasteiger partial charge on any atom is -0.409 e. The summed E-state index contributed by atoms with van der Waals surface area (Å²) < 4.78 is 0. The Kier molecular flexibility index (Phi) is 3.84. The molecule has 1 rings (SSSR count). The lowest BCUT2D eigenvalue weighted by Gasteiger charge is -2.29. The molecule has 4 heteroatoms. The summed E-state index contributed by atoms with van der Waals surface area (Å²) in [5, 5.41) is 15.3. The molecule has 0 aromatic carbocycles. The van der Waals surface area contributed by atoms with E-state index in [-0.39, 0.29) is 11.0 Å². The van der Waals surface area contributed by atoms with Gasteiger partial charge in [0.05, 0.1) is 0 Å². The van der Waals surface area contributed by atoms with E-state index in [4.69, 9.17) is 10.9 Å². The maximum Gasteiger partial charge on any atom is 0.144 e. The molecule has 0 atom stereocenters. The number of nitrogens with two attached hydrogens (primary N) is 1. The van der Waals surface area contributed by atoms with Gasteiger partial charge in [-0.05, 0) is 45.6 Å². The monoisotopic (exact) mass is 227 g/mol. The van der Waals surface area contributed by atoms with Crippen LogP contribution in [0.25, 0.3) is 0 Å². The molecule has 0 aromatic heterocycles. The molecule has 1 saturated carbocycles. The van der Waals surface area contributed by atoms with Gasteiger partial charge in [0.15, 0.2) is 0 Å². The first-order valence-electron chi connectivity index (χ1n) is 6.02. The van der Waals surface area contributed by atoms with Crippen molar-refractivity contribution >= 4 is 5.84 Å². The fraction of sp³-hybridized carbons (Fsp3) is 0.917. The maximum atomic E-state index is 8.67. The topological polar surface area (TPSA) is 70.6 Å². The van der Waals surface area contributed by atoms with Crippen LogP contribution in [0.5, 0.6) is 0 Å². The molecule has 0 bridgehead atoms. The Labute approximate surface area is 98.3 Å². The number of nitrogens with zero attached hydrogens (tertiary/aromatic N) is 1. The molecule has 0 radical (unpaired) electrons. The van der Waals surface area contributed by atoms with Gasteiger partial charge in [-0.25, -0.2) is 0 Å². The number of amidine groups is 1. The Balaban J connectivity index is 2.34. The van der Waals surface area contributed by atoms with E-state index in [0.717, 1.165) is 18.9 Å². The van der Waals surface area contributed by atoms with Gasteiger partial charge in [0.25, 0.3) is 0 Å². The van der Waals surface area contributed by atoms with Crippen LogP contribution in [0.2, 0.25) is 0 Å². The number of nitrogens with one attached hydrogen (secondary N) is 1. The maximum absolute atomic E-state index is 8.67. The largest absolute Gasteiger partial charge is 0.409 e. The van der Waals surface area contributed by atoms with E-state index < -0.39 is 0 Å². The number of hydrogen-bond acceptors (Lipinski definition) is 3. The first-order valence-corrected chi connectivity index (χ1v) is 6.02. The molecule has 0 spiro atoms. The van der Waals surface area contributed by atoms with Gasteiger partial charge in [-0.1, -0.05) is 19.0 Å². The Morgan fingerprint density at radius 3 is 2.38 bits per heavy atom. The zero-order valence-corrected chi connectivity index (χ0v) is 10.9. The van der Waals surface area contributed by atoms with E-state index in [2.05, 4.69) is 24.3 Å².